The Labute approximate surface area is 89.9 Å². The minimum Gasteiger partial charge on any atom is -0.382 e. The van der Waals surface area contributed by atoms with Crippen LogP contribution in [-0.4, -0.2) is 23.2 Å². The van der Waals surface area contributed by atoms with Crippen LogP contribution in [0.3, 0.4) is 0 Å². The summed E-state index contributed by atoms with van der Waals surface area (Å²) in [6.45, 7) is 0. The Balaban J connectivity index is 2.04. The van der Waals surface area contributed by atoms with Gasteiger partial charge in [0.2, 0.25) is 0 Å². The zero-order valence-corrected chi connectivity index (χ0v) is 9.02. The molecule has 1 aromatic rings. The van der Waals surface area contributed by atoms with E-state index in [-0.39, 0.29) is 0 Å². The summed E-state index contributed by atoms with van der Waals surface area (Å²) in [6, 6.07) is 0. The van der Waals surface area contributed by atoms with Crippen LogP contribution in [-0.2, 0) is 4.74 Å². The summed E-state index contributed by atoms with van der Waals surface area (Å²) in [7, 11) is 1.78. The molecule has 82 valence electrons. The number of nitrogen functional groups attached to an aromatic ring is 1. The predicted molar refractivity (Wildman–Crippen MR) is 58.5 cm³/mol. The van der Waals surface area contributed by atoms with Crippen molar-refractivity contribution in [2.24, 2.45) is 0 Å². The molecule has 0 atom stereocenters. The molecular formula is C11H17N3O. The monoisotopic (exact) mass is 207 g/mol. The van der Waals surface area contributed by atoms with E-state index in [2.05, 4.69) is 9.97 Å². The fraction of sp³-hybridized carbons (Fsp3) is 0.636. The number of aromatic nitrogens is 2. The number of hydrogen-bond donors (Lipinski definition) is 1. The second-order valence-electron chi connectivity index (χ2n) is 4.04. The second-order valence-corrected chi connectivity index (χ2v) is 4.04. The van der Waals surface area contributed by atoms with Crippen LogP contribution in [0.5, 0.6) is 0 Å². The van der Waals surface area contributed by atoms with E-state index >= 15 is 0 Å². The summed E-state index contributed by atoms with van der Waals surface area (Å²) < 4.78 is 5.34. The van der Waals surface area contributed by atoms with Gasteiger partial charge in [0.05, 0.1) is 11.8 Å². The molecule has 2 N–H and O–H groups in total. The lowest BCUT2D eigenvalue weighted by atomic mass is 9.85. The molecule has 1 saturated carbocycles. The largest absolute Gasteiger partial charge is 0.382 e. The van der Waals surface area contributed by atoms with Gasteiger partial charge in [0.25, 0.3) is 0 Å². The SMILES string of the molecule is COC1CCC(c2nccnc2N)CC1. The first-order chi connectivity index (χ1) is 7.31. The van der Waals surface area contributed by atoms with Crippen LogP contribution >= 0.6 is 0 Å². The van der Waals surface area contributed by atoms with E-state index in [1.165, 1.54) is 0 Å². The van der Waals surface area contributed by atoms with Gasteiger partial charge in [-0.05, 0) is 25.7 Å². The Morgan fingerprint density at radius 1 is 1.20 bits per heavy atom. The summed E-state index contributed by atoms with van der Waals surface area (Å²) in [5, 5.41) is 0. The van der Waals surface area contributed by atoms with Crippen LogP contribution in [0.25, 0.3) is 0 Å². The van der Waals surface area contributed by atoms with Gasteiger partial charge in [-0.3, -0.25) is 4.98 Å². The number of rotatable bonds is 2. The van der Waals surface area contributed by atoms with Crippen molar-refractivity contribution in [1.82, 2.24) is 9.97 Å². The van der Waals surface area contributed by atoms with Gasteiger partial charge in [0, 0.05) is 25.4 Å². The quantitative estimate of drug-likeness (QED) is 0.802. The van der Waals surface area contributed by atoms with Gasteiger partial charge >= 0.3 is 0 Å². The Bertz CT molecular complexity index is 321. The predicted octanol–water partition coefficient (Wildman–Crippen LogP) is 1.73. The van der Waals surface area contributed by atoms with Crippen molar-refractivity contribution in [2.75, 3.05) is 12.8 Å². The molecule has 2 rings (SSSR count). The highest BCUT2D eigenvalue weighted by molar-refractivity contribution is 5.35. The van der Waals surface area contributed by atoms with Crippen molar-refractivity contribution in [3.8, 4) is 0 Å². The molecule has 1 fully saturated rings. The molecule has 0 radical (unpaired) electrons. The lowest BCUT2D eigenvalue weighted by molar-refractivity contribution is 0.0655. The van der Waals surface area contributed by atoms with E-state index in [0.717, 1.165) is 31.4 Å². The third-order valence-electron chi connectivity index (χ3n) is 3.15. The topological polar surface area (TPSA) is 61.0 Å². The molecule has 1 aliphatic rings. The highest BCUT2D eigenvalue weighted by Crippen LogP contribution is 2.34. The molecule has 0 aromatic carbocycles. The zero-order chi connectivity index (χ0) is 10.7. The highest BCUT2D eigenvalue weighted by atomic mass is 16.5. The van der Waals surface area contributed by atoms with Crippen molar-refractivity contribution >= 4 is 5.82 Å². The average Bonchev–Trinajstić information content (AvgIpc) is 2.30. The van der Waals surface area contributed by atoms with E-state index in [4.69, 9.17) is 10.5 Å². The van der Waals surface area contributed by atoms with Crippen LogP contribution < -0.4 is 5.73 Å². The first kappa shape index (κ1) is 10.4. The van der Waals surface area contributed by atoms with E-state index < -0.39 is 0 Å². The molecule has 0 saturated heterocycles. The summed E-state index contributed by atoms with van der Waals surface area (Å²) in [4.78, 5) is 8.40. The van der Waals surface area contributed by atoms with Gasteiger partial charge in [0.15, 0.2) is 0 Å². The molecule has 1 heterocycles. The van der Waals surface area contributed by atoms with E-state index in [9.17, 15) is 0 Å². The molecule has 0 unspecified atom stereocenters. The number of nitrogens with zero attached hydrogens (tertiary/aromatic N) is 2. The fourth-order valence-electron chi connectivity index (χ4n) is 2.25. The molecule has 0 bridgehead atoms. The smallest absolute Gasteiger partial charge is 0.145 e. The average molecular weight is 207 g/mol. The molecule has 0 spiro atoms. The minimum atomic E-state index is 0.416. The maximum atomic E-state index is 5.81. The van der Waals surface area contributed by atoms with Crippen molar-refractivity contribution in [1.29, 1.82) is 0 Å². The van der Waals surface area contributed by atoms with Crippen LogP contribution in [0.15, 0.2) is 12.4 Å². The third-order valence-corrected chi connectivity index (χ3v) is 3.15. The summed E-state index contributed by atoms with van der Waals surface area (Å²) in [6.07, 6.45) is 8.16. The standard InChI is InChI=1S/C11H17N3O/c1-15-9-4-2-8(3-5-9)10-11(12)14-7-6-13-10/h6-9H,2-5H2,1H3,(H2,12,14). The minimum absolute atomic E-state index is 0.416. The normalized spacial score (nSPS) is 26.5. The van der Waals surface area contributed by atoms with Gasteiger partial charge in [-0.1, -0.05) is 0 Å². The third kappa shape index (κ3) is 2.26. The molecule has 4 heteroatoms. The van der Waals surface area contributed by atoms with Gasteiger partial charge < -0.3 is 10.5 Å². The van der Waals surface area contributed by atoms with Crippen LogP contribution in [0, 0.1) is 0 Å². The highest BCUT2D eigenvalue weighted by Gasteiger charge is 2.24. The number of nitrogens with two attached hydrogens (primary N) is 1. The first-order valence-corrected chi connectivity index (χ1v) is 5.40. The van der Waals surface area contributed by atoms with E-state index in [1.807, 2.05) is 0 Å². The molecule has 15 heavy (non-hydrogen) atoms. The molecular weight excluding hydrogens is 190 g/mol. The Morgan fingerprint density at radius 2 is 1.87 bits per heavy atom. The van der Waals surface area contributed by atoms with Gasteiger partial charge in [-0.15, -0.1) is 0 Å². The number of hydrogen-bond acceptors (Lipinski definition) is 4. The summed E-state index contributed by atoms with van der Waals surface area (Å²) in [5.41, 5.74) is 6.78. The maximum Gasteiger partial charge on any atom is 0.145 e. The summed E-state index contributed by atoms with van der Waals surface area (Å²) >= 11 is 0. The number of methoxy groups -OCH3 is 1. The molecule has 1 aromatic heterocycles. The van der Waals surface area contributed by atoms with E-state index in [1.54, 1.807) is 19.5 Å². The van der Waals surface area contributed by atoms with Crippen LogP contribution in [0.2, 0.25) is 0 Å². The summed E-state index contributed by atoms with van der Waals surface area (Å²) in [5.74, 6) is 1.04. The Hall–Kier alpha value is -1.16. The van der Waals surface area contributed by atoms with Gasteiger partial charge in [-0.25, -0.2) is 4.98 Å². The lowest BCUT2D eigenvalue weighted by Crippen LogP contribution is -2.20. The van der Waals surface area contributed by atoms with Gasteiger partial charge in [0.1, 0.15) is 5.82 Å². The Morgan fingerprint density at radius 3 is 2.47 bits per heavy atom. The van der Waals surface area contributed by atoms with Crippen LogP contribution in [0.1, 0.15) is 37.3 Å². The number of anilines is 1. The first-order valence-electron chi connectivity index (χ1n) is 5.40. The molecule has 4 nitrogen and oxygen atoms in total. The second kappa shape index (κ2) is 4.57. The molecule has 0 aliphatic heterocycles. The number of ether oxygens (including phenoxy) is 1. The van der Waals surface area contributed by atoms with Crippen molar-refractivity contribution in [3.05, 3.63) is 18.1 Å². The van der Waals surface area contributed by atoms with Crippen molar-refractivity contribution in [2.45, 2.75) is 37.7 Å². The lowest BCUT2D eigenvalue weighted by Gasteiger charge is -2.27. The van der Waals surface area contributed by atoms with Gasteiger partial charge in [-0.2, -0.15) is 0 Å². The maximum absolute atomic E-state index is 5.81. The molecule has 1 aliphatic carbocycles. The van der Waals surface area contributed by atoms with E-state index in [0.29, 0.717) is 17.8 Å². The zero-order valence-electron chi connectivity index (χ0n) is 9.02. The Kier molecular flexibility index (Phi) is 3.16. The fourth-order valence-corrected chi connectivity index (χ4v) is 2.25. The van der Waals surface area contributed by atoms with Crippen molar-refractivity contribution < 1.29 is 4.74 Å². The van der Waals surface area contributed by atoms with Crippen molar-refractivity contribution in [3.63, 3.8) is 0 Å². The van der Waals surface area contributed by atoms with Crippen LogP contribution in [0.4, 0.5) is 5.82 Å². The molecule has 0 amide bonds.